The number of hydrogen-bond acceptors (Lipinski definition) is 1. The molecule has 0 saturated carbocycles. The molecule has 0 amide bonds. The summed E-state index contributed by atoms with van der Waals surface area (Å²) in [4.78, 5) is 0. The van der Waals surface area contributed by atoms with Gasteiger partial charge < -0.3 is 4.74 Å². The quantitative estimate of drug-likeness (QED) is 0.321. The predicted octanol–water partition coefficient (Wildman–Crippen LogP) is 6.73. The van der Waals surface area contributed by atoms with Crippen LogP contribution in [-0.4, -0.2) is 19.4 Å². The molecule has 1 aliphatic rings. The van der Waals surface area contributed by atoms with E-state index in [1.807, 2.05) is 12.1 Å². The van der Waals surface area contributed by atoms with Gasteiger partial charge in [0.2, 0.25) is 0 Å². The summed E-state index contributed by atoms with van der Waals surface area (Å²) in [6, 6.07) is 10.7. The summed E-state index contributed by atoms with van der Waals surface area (Å²) in [5.74, 6) is -1.23. The number of ether oxygens (including phenoxy) is 1. The second kappa shape index (κ2) is 8.27. The van der Waals surface area contributed by atoms with Crippen molar-refractivity contribution in [3.8, 4) is 23.0 Å². The fourth-order valence-corrected chi connectivity index (χ4v) is 3.78. The van der Waals surface area contributed by atoms with Crippen LogP contribution in [0.2, 0.25) is 0 Å². The van der Waals surface area contributed by atoms with Crippen LogP contribution in [0.5, 0.6) is 0 Å². The molecule has 4 rings (SSSR count). The van der Waals surface area contributed by atoms with Gasteiger partial charge in [-0.2, -0.15) is 13.2 Å². The van der Waals surface area contributed by atoms with Crippen LogP contribution in [0.15, 0.2) is 42.5 Å². The second-order valence-corrected chi connectivity index (χ2v) is 7.39. The van der Waals surface area contributed by atoms with Crippen molar-refractivity contribution in [1.29, 1.82) is 0 Å². The highest BCUT2D eigenvalue weighted by Crippen LogP contribution is 2.33. The Hall–Kier alpha value is -2.98. The van der Waals surface area contributed by atoms with Gasteiger partial charge in [-0.3, -0.25) is 0 Å². The van der Waals surface area contributed by atoms with Crippen LogP contribution < -0.4 is 0 Å². The number of hydrogen-bond donors (Lipinski definition) is 0. The van der Waals surface area contributed by atoms with Gasteiger partial charge >= 0.3 is 6.18 Å². The Morgan fingerprint density at radius 1 is 0.903 bits per heavy atom. The third-order valence-corrected chi connectivity index (χ3v) is 5.29. The smallest absolute Gasteiger partial charge is 0.381 e. The van der Waals surface area contributed by atoms with Crippen LogP contribution in [0, 0.1) is 29.3 Å². The van der Waals surface area contributed by atoms with E-state index >= 15 is 0 Å². The van der Waals surface area contributed by atoms with E-state index in [1.54, 1.807) is 12.1 Å². The van der Waals surface area contributed by atoms with E-state index in [0.717, 1.165) is 43.1 Å². The number of benzene rings is 3. The van der Waals surface area contributed by atoms with Crippen LogP contribution >= 0.6 is 0 Å². The third kappa shape index (κ3) is 4.54. The monoisotopic (exact) mass is 434 g/mol. The molecule has 7 heteroatoms. The summed E-state index contributed by atoms with van der Waals surface area (Å²) < 4.78 is 85.9. The van der Waals surface area contributed by atoms with E-state index in [-0.39, 0.29) is 11.3 Å². The summed E-state index contributed by atoms with van der Waals surface area (Å²) in [6.45, 7) is 1.39. The second-order valence-electron chi connectivity index (χ2n) is 7.39. The zero-order chi connectivity index (χ0) is 22.2. The average Bonchev–Trinajstić information content (AvgIpc) is 2.73. The van der Waals surface area contributed by atoms with E-state index in [1.165, 1.54) is 12.0 Å². The number of rotatable bonds is 2. The Labute approximate surface area is 174 Å². The molecule has 1 fully saturated rings. The lowest BCUT2D eigenvalue weighted by Crippen LogP contribution is -2.15. The molecular weight excluding hydrogens is 418 g/mol. The molecule has 0 N–H and O–H groups in total. The Kier molecular flexibility index (Phi) is 5.67. The zero-order valence-corrected chi connectivity index (χ0v) is 16.1. The molecule has 1 unspecified atom stereocenters. The van der Waals surface area contributed by atoms with Crippen LogP contribution in [0.3, 0.4) is 0 Å². The minimum absolute atomic E-state index is 0.104. The molecule has 31 heavy (non-hydrogen) atoms. The molecule has 3 aromatic rings. The molecule has 160 valence electrons. The molecule has 0 aromatic heterocycles. The first-order valence-electron chi connectivity index (χ1n) is 9.62. The third-order valence-electron chi connectivity index (χ3n) is 5.29. The van der Waals surface area contributed by atoms with Crippen molar-refractivity contribution in [2.45, 2.75) is 24.9 Å². The largest absolute Gasteiger partial charge is 0.458 e. The van der Waals surface area contributed by atoms with Crippen molar-refractivity contribution < 1.29 is 31.1 Å². The molecule has 0 radical (unpaired) electrons. The normalized spacial score (nSPS) is 16.8. The molecule has 3 aromatic carbocycles. The zero-order valence-electron chi connectivity index (χ0n) is 16.1. The van der Waals surface area contributed by atoms with E-state index in [4.69, 9.17) is 4.74 Å². The molecule has 1 saturated heterocycles. The topological polar surface area (TPSA) is 9.23 Å². The van der Waals surface area contributed by atoms with Gasteiger partial charge in [-0.1, -0.05) is 30.2 Å². The molecule has 1 aliphatic heterocycles. The Morgan fingerprint density at radius 2 is 1.65 bits per heavy atom. The van der Waals surface area contributed by atoms with E-state index in [2.05, 4.69) is 0 Å². The Bertz CT molecular complexity index is 1180. The lowest BCUT2D eigenvalue weighted by Gasteiger charge is -2.22. The van der Waals surface area contributed by atoms with Crippen LogP contribution in [0.25, 0.3) is 21.9 Å². The maximum atomic E-state index is 14.7. The van der Waals surface area contributed by atoms with Gasteiger partial charge in [-0.25, -0.2) is 13.2 Å². The van der Waals surface area contributed by atoms with Gasteiger partial charge in [0.1, 0.15) is 11.6 Å². The van der Waals surface area contributed by atoms with Crippen molar-refractivity contribution in [3.63, 3.8) is 0 Å². The van der Waals surface area contributed by atoms with Gasteiger partial charge in [0, 0.05) is 18.4 Å². The van der Waals surface area contributed by atoms with E-state index in [9.17, 15) is 26.3 Å². The van der Waals surface area contributed by atoms with Crippen LogP contribution in [0.1, 0.15) is 29.9 Å². The molecular formula is C24H16F6O. The molecule has 1 heterocycles. The van der Waals surface area contributed by atoms with Crippen LogP contribution in [0.4, 0.5) is 26.3 Å². The minimum Gasteiger partial charge on any atom is -0.381 e. The van der Waals surface area contributed by atoms with Gasteiger partial charge in [0.25, 0.3) is 0 Å². The summed E-state index contributed by atoms with van der Waals surface area (Å²) in [5.41, 5.74) is 1.01. The van der Waals surface area contributed by atoms with Crippen molar-refractivity contribution in [3.05, 3.63) is 71.0 Å². The van der Waals surface area contributed by atoms with Crippen molar-refractivity contribution in [1.82, 2.24) is 0 Å². The Balaban J connectivity index is 1.73. The highest BCUT2D eigenvalue weighted by atomic mass is 19.4. The standard InChI is InChI=1S/C24H16F6O/c25-20-12-18-10-17(15-5-3-14(4-6-15)16-2-1-9-31-13-16)11-21(26)22(18)23(27)19(20)7-8-24(28,29)30/h3-6,10-12,16H,1-2,9,13H2. The van der Waals surface area contributed by atoms with Gasteiger partial charge in [0.05, 0.1) is 17.6 Å². The van der Waals surface area contributed by atoms with Crippen molar-refractivity contribution in [2.24, 2.45) is 0 Å². The molecule has 1 atom stereocenters. The SMILES string of the molecule is Fc1cc2cc(-c3ccc(C4CCCOC4)cc3)cc(F)c2c(F)c1C#CC(F)(F)F. The number of halogens is 6. The fourth-order valence-electron chi connectivity index (χ4n) is 3.78. The maximum Gasteiger partial charge on any atom is 0.458 e. The first kappa shape index (κ1) is 21.3. The fraction of sp³-hybridized carbons (Fsp3) is 0.250. The van der Waals surface area contributed by atoms with Gasteiger partial charge in [0.15, 0.2) is 5.82 Å². The van der Waals surface area contributed by atoms with Crippen molar-refractivity contribution in [2.75, 3.05) is 13.2 Å². The van der Waals surface area contributed by atoms with Crippen molar-refractivity contribution >= 4 is 10.8 Å². The summed E-state index contributed by atoms with van der Waals surface area (Å²) in [5, 5.41) is -0.708. The summed E-state index contributed by atoms with van der Waals surface area (Å²) in [7, 11) is 0. The first-order chi connectivity index (χ1) is 14.7. The summed E-state index contributed by atoms with van der Waals surface area (Å²) in [6.07, 6.45) is -2.93. The molecule has 1 nitrogen and oxygen atoms in total. The number of alkyl halides is 3. The lowest BCUT2D eigenvalue weighted by molar-refractivity contribution is -0.0696. The van der Waals surface area contributed by atoms with Gasteiger partial charge in [-0.05, 0) is 53.1 Å². The lowest BCUT2D eigenvalue weighted by atomic mass is 9.91. The average molecular weight is 434 g/mol. The first-order valence-corrected chi connectivity index (χ1v) is 9.62. The molecule has 0 bridgehead atoms. The maximum absolute atomic E-state index is 14.7. The van der Waals surface area contributed by atoms with Gasteiger partial charge in [-0.15, -0.1) is 0 Å². The highest BCUT2D eigenvalue weighted by Gasteiger charge is 2.24. The highest BCUT2D eigenvalue weighted by molar-refractivity contribution is 5.89. The Morgan fingerprint density at radius 3 is 2.29 bits per heavy atom. The minimum atomic E-state index is -4.92. The predicted molar refractivity (Wildman–Crippen MR) is 105 cm³/mol. The number of fused-ring (bicyclic) bond motifs is 1. The summed E-state index contributed by atoms with van der Waals surface area (Å²) >= 11 is 0. The van der Waals surface area contributed by atoms with Crippen LogP contribution in [-0.2, 0) is 4.74 Å². The molecule has 0 spiro atoms. The molecule has 0 aliphatic carbocycles. The van der Waals surface area contributed by atoms with E-state index in [0.29, 0.717) is 17.7 Å². The van der Waals surface area contributed by atoms with E-state index < -0.39 is 34.6 Å².